The molecule has 1 aromatic carbocycles. The zero-order chi connectivity index (χ0) is 8.97. The van der Waals surface area contributed by atoms with Gasteiger partial charge in [0.15, 0.2) is 0 Å². The van der Waals surface area contributed by atoms with Crippen LogP contribution in [0.2, 0.25) is 0 Å². The van der Waals surface area contributed by atoms with E-state index < -0.39 is 0 Å². The average molecular weight is 167 g/mol. The van der Waals surface area contributed by atoms with Crippen LogP contribution in [0.1, 0.15) is 11.1 Å². The molecule has 0 atom stereocenters. The fourth-order valence-electron chi connectivity index (χ4n) is 1.11. The predicted octanol–water partition coefficient (Wildman–Crippen LogP) is 1.90. The van der Waals surface area contributed by atoms with Crippen LogP contribution >= 0.6 is 0 Å². The summed E-state index contributed by atoms with van der Waals surface area (Å²) in [5.41, 5.74) is 1.76. The van der Waals surface area contributed by atoms with Gasteiger partial charge in [0.2, 0.25) is 0 Å². The number of halogens is 1. The summed E-state index contributed by atoms with van der Waals surface area (Å²) in [5.74, 6) is -0.0924. The lowest BCUT2D eigenvalue weighted by Gasteiger charge is -2.02. The van der Waals surface area contributed by atoms with Crippen LogP contribution in [-0.4, -0.2) is 13.6 Å². The molecule has 0 aromatic heterocycles. The first-order chi connectivity index (χ1) is 5.74. The Morgan fingerprint density at radius 1 is 1.42 bits per heavy atom. The van der Waals surface area contributed by atoms with Crippen molar-refractivity contribution < 1.29 is 4.39 Å². The fraction of sp³-hybridized carbons (Fsp3) is 0.400. The molecule has 0 aliphatic rings. The molecule has 1 N–H and O–H groups in total. The maximum absolute atomic E-state index is 13.1. The Morgan fingerprint density at radius 3 is 2.75 bits per heavy atom. The molecular formula is C10H14FN. The Bertz CT molecular complexity index is 258. The van der Waals surface area contributed by atoms with Crippen LogP contribution in [0.5, 0.6) is 0 Å². The second-order valence-corrected chi connectivity index (χ2v) is 2.95. The molecule has 1 aromatic rings. The van der Waals surface area contributed by atoms with Crippen molar-refractivity contribution in [3.8, 4) is 0 Å². The molecule has 0 radical (unpaired) electrons. The van der Waals surface area contributed by atoms with Crippen LogP contribution in [0.15, 0.2) is 18.2 Å². The van der Waals surface area contributed by atoms with Crippen molar-refractivity contribution in [1.82, 2.24) is 5.32 Å². The van der Waals surface area contributed by atoms with Gasteiger partial charge >= 0.3 is 0 Å². The zero-order valence-electron chi connectivity index (χ0n) is 7.52. The lowest BCUT2D eigenvalue weighted by molar-refractivity contribution is 0.604. The molecule has 66 valence electrons. The van der Waals surface area contributed by atoms with E-state index in [4.69, 9.17) is 0 Å². The number of aryl methyl sites for hydroxylation is 1. The van der Waals surface area contributed by atoms with Gasteiger partial charge in [-0.3, -0.25) is 0 Å². The van der Waals surface area contributed by atoms with Crippen molar-refractivity contribution in [1.29, 1.82) is 0 Å². The number of hydrogen-bond acceptors (Lipinski definition) is 1. The van der Waals surface area contributed by atoms with E-state index in [0.29, 0.717) is 0 Å². The van der Waals surface area contributed by atoms with E-state index in [1.807, 2.05) is 26.1 Å². The second-order valence-electron chi connectivity index (χ2n) is 2.95. The summed E-state index contributed by atoms with van der Waals surface area (Å²) in [5, 5.41) is 2.99. The normalized spacial score (nSPS) is 10.2. The SMILES string of the molecule is CNCCc1ccc(C)cc1F. The van der Waals surface area contributed by atoms with E-state index in [0.717, 1.165) is 24.1 Å². The molecule has 1 nitrogen and oxygen atoms in total. The standard InChI is InChI=1S/C10H14FN/c1-8-3-4-9(5-6-12-2)10(11)7-8/h3-4,7,12H,5-6H2,1-2H3. The third-order valence-corrected chi connectivity index (χ3v) is 1.85. The van der Waals surface area contributed by atoms with E-state index in [-0.39, 0.29) is 5.82 Å². The molecule has 2 heteroatoms. The van der Waals surface area contributed by atoms with Crippen LogP contribution in [0.4, 0.5) is 4.39 Å². The highest BCUT2D eigenvalue weighted by Crippen LogP contribution is 2.09. The van der Waals surface area contributed by atoms with Gasteiger partial charge in [-0.05, 0) is 44.1 Å². The third-order valence-electron chi connectivity index (χ3n) is 1.85. The number of benzene rings is 1. The van der Waals surface area contributed by atoms with Gasteiger partial charge in [0, 0.05) is 0 Å². The van der Waals surface area contributed by atoms with Gasteiger partial charge in [-0.2, -0.15) is 0 Å². The number of likely N-dealkylation sites (N-methyl/N-ethyl adjacent to an activating group) is 1. The van der Waals surface area contributed by atoms with Crippen molar-refractivity contribution in [2.75, 3.05) is 13.6 Å². The monoisotopic (exact) mass is 167 g/mol. The predicted molar refractivity (Wildman–Crippen MR) is 48.8 cm³/mol. The zero-order valence-corrected chi connectivity index (χ0v) is 7.52. The maximum atomic E-state index is 13.1. The van der Waals surface area contributed by atoms with Gasteiger partial charge in [-0.25, -0.2) is 4.39 Å². The summed E-state index contributed by atoms with van der Waals surface area (Å²) in [6, 6.07) is 5.36. The Kier molecular flexibility index (Phi) is 3.23. The summed E-state index contributed by atoms with van der Waals surface area (Å²) in [7, 11) is 1.87. The highest BCUT2D eigenvalue weighted by molar-refractivity contribution is 5.23. The second kappa shape index (κ2) is 4.21. The van der Waals surface area contributed by atoms with E-state index >= 15 is 0 Å². The molecule has 0 aliphatic carbocycles. The van der Waals surface area contributed by atoms with Crippen molar-refractivity contribution in [2.24, 2.45) is 0 Å². The minimum atomic E-state index is -0.0924. The van der Waals surface area contributed by atoms with Gasteiger partial charge in [0.25, 0.3) is 0 Å². The summed E-state index contributed by atoms with van der Waals surface area (Å²) in [6.07, 6.45) is 0.753. The van der Waals surface area contributed by atoms with Crippen LogP contribution in [0.25, 0.3) is 0 Å². The molecule has 0 fully saturated rings. The van der Waals surface area contributed by atoms with Crippen LogP contribution in [-0.2, 0) is 6.42 Å². The van der Waals surface area contributed by atoms with E-state index in [2.05, 4.69) is 5.32 Å². The molecule has 0 spiro atoms. The van der Waals surface area contributed by atoms with Crippen molar-refractivity contribution in [2.45, 2.75) is 13.3 Å². The summed E-state index contributed by atoms with van der Waals surface area (Å²) < 4.78 is 13.1. The van der Waals surface area contributed by atoms with Crippen LogP contribution in [0.3, 0.4) is 0 Å². The fourth-order valence-corrected chi connectivity index (χ4v) is 1.11. The first-order valence-corrected chi connectivity index (χ1v) is 4.13. The van der Waals surface area contributed by atoms with E-state index in [1.165, 1.54) is 0 Å². The molecule has 12 heavy (non-hydrogen) atoms. The average Bonchev–Trinajstić information content (AvgIpc) is 2.03. The number of nitrogens with one attached hydrogen (secondary N) is 1. The van der Waals surface area contributed by atoms with Gasteiger partial charge in [0.05, 0.1) is 0 Å². The van der Waals surface area contributed by atoms with Crippen LogP contribution in [0, 0.1) is 12.7 Å². The Hall–Kier alpha value is -0.890. The highest BCUT2D eigenvalue weighted by atomic mass is 19.1. The van der Waals surface area contributed by atoms with Gasteiger partial charge < -0.3 is 5.32 Å². The largest absolute Gasteiger partial charge is 0.319 e. The van der Waals surface area contributed by atoms with Crippen molar-refractivity contribution in [3.05, 3.63) is 35.1 Å². The molecule has 0 unspecified atom stereocenters. The van der Waals surface area contributed by atoms with Gasteiger partial charge in [-0.15, -0.1) is 0 Å². The van der Waals surface area contributed by atoms with Gasteiger partial charge in [-0.1, -0.05) is 12.1 Å². The van der Waals surface area contributed by atoms with Gasteiger partial charge in [0.1, 0.15) is 5.82 Å². The number of rotatable bonds is 3. The lowest BCUT2D eigenvalue weighted by atomic mass is 10.1. The third kappa shape index (κ3) is 2.31. The van der Waals surface area contributed by atoms with E-state index in [9.17, 15) is 4.39 Å². The summed E-state index contributed by atoms with van der Waals surface area (Å²) in [4.78, 5) is 0. The van der Waals surface area contributed by atoms with E-state index in [1.54, 1.807) is 6.07 Å². The van der Waals surface area contributed by atoms with Crippen molar-refractivity contribution in [3.63, 3.8) is 0 Å². The first kappa shape index (κ1) is 9.20. The van der Waals surface area contributed by atoms with Crippen molar-refractivity contribution >= 4 is 0 Å². The summed E-state index contributed by atoms with van der Waals surface area (Å²) >= 11 is 0. The highest BCUT2D eigenvalue weighted by Gasteiger charge is 2.00. The minimum Gasteiger partial charge on any atom is -0.319 e. The molecule has 0 heterocycles. The molecule has 0 bridgehead atoms. The molecule has 0 saturated heterocycles. The Balaban J connectivity index is 2.72. The number of hydrogen-bond donors (Lipinski definition) is 1. The topological polar surface area (TPSA) is 12.0 Å². The Labute approximate surface area is 72.6 Å². The molecule has 0 saturated carbocycles. The van der Waals surface area contributed by atoms with Crippen LogP contribution < -0.4 is 5.32 Å². The quantitative estimate of drug-likeness (QED) is 0.725. The first-order valence-electron chi connectivity index (χ1n) is 4.13. The molecular weight excluding hydrogens is 153 g/mol. The minimum absolute atomic E-state index is 0.0924. The summed E-state index contributed by atoms with van der Waals surface area (Å²) in [6.45, 7) is 2.71. The maximum Gasteiger partial charge on any atom is 0.126 e. The lowest BCUT2D eigenvalue weighted by Crippen LogP contribution is -2.11. The molecule has 0 aliphatic heterocycles. The molecule has 1 rings (SSSR count). The smallest absolute Gasteiger partial charge is 0.126 e. The Morgan fingerprint density at radius 2 is 2.17 bits per heavy atom. The molecule has 0 amide bonds.